The maximum atomic E-state index is 11.4. The van der Waals surface area contributed by atoms with Gasteiger partial charge in [0.15, 0.2) is 11.5 Å². The molecular formula is C16H14N4O5. The van der Waals surface area contributed by atoms with Gasteiger partial charge < -0.3 is 14.2 Å². The number of nitrogens with zero attached hydrogens (tertiary/aromatic N) is 4. The molecule has 0 spiro atoms. The second kappa shape index (κ2) is 6.02. The molecule has 1 aromatic heterocycles. The smallest absolute Gasteiger partial charge is 0.279 e. The van der Waals surface area contributed by atoms with E-state index in [-0.39, 0.29) is 19.2 Å². The van der Waals surface area contributed by atoms with Crippen LogP contribution in [0.2, 0.25) is 0 Å². The molecule has 0 aliphatic carbocycles. The summed E-state index contributed by atoms with van der Waals surface area (Å²) in [4.78, 5) is 10.9. The van der Waals surface area contributed by atoms with Crippen LogP contribution in [0.5, 0.6) is 11.5 Å². The molecular weight excluding hydrogens is 328 g/mol. The third-order valence-electron chi connectivity index (χ3n) is 4.02. The Morgan fingerprint density at radius 3 is 2.88 bits per heavy atom. The van der Waals surface area contributed by atoms with E-state index in [2.05, 4.69) is 10.3 Å². The summed E-state index contributed by atoms with van der Waals surface area (Å²) in [5, 5.41) is 19.4. The number of nitro benzene ring substituents is 1. The fourth-order valence-corrected chi connectivity index (χ4v) is 2.72. The van der Waals surface area contributed by atoms with Crippen molar-refractivity contribution >= 4 is 16.7 Å². The largest absolute Gasteiger partial charge is 0.454 e. The minimum absolute atomic E-state index is 0.0517. The van der Waals surface area contributed by atoms with Crippen LogP contribution in [0.1, 0.15) is 18.6 Å². The molecule has 128 valence electrons. The average Bonchev–Trinajstić information content (AvgIpc) is 3.24. The molecule has 0 fully saturated rings. The van der Waals surface area contributed by atoms with Gasteiger partial charge in [0.05, 0.1) is 28.2 Å². The van der Waals surface area contributed by atoms with Crippen LogP contribution in [0.4, 0.5) is 5.69 Å². The molecule has 25 heavy (non-hydrogen) atoms. The Hall–Kier alpha value is -3.20. The van der Waals surface area contributed by atoms with Gasteiger partial charge in [-0.2, -0.15) is 0 Å². The number of ether oxygens (including phenoxy) is 3. The van der Waals surface area contributed by atoms with Crippen molar-refractivity contribution < 1.29 is 19.1 Å². The standard InChI is InChI=1S/C16H14N4O5/c1-10(23-8-19-13-5-3-2-4-12(13)17-18-19)11-6-15-16(25-9-24-15)7-14(11)20(21)22/h2-7,10H,8-9H2,1H3. The molecule has 0 amide bonds. The van der Waals surface area contributed by atoms with Crippen LogP contribution in [-0.4, -0.2) is 26.7 Å². The Labute approximate surface area is 141 Å². The minimum Gasteiger partial charge on any atom is -0.454 e. The summed E-state index contributed by atoms with van der Waals surface area (Å²) in [6.45, 7) is 1.91. The molecule has 2 heterocycles. The van der Waals surface area contributed by atoms with Gasteiger partial charge in [-0.25, -0.2) is 4.68 Å². The Kier molecular flexibility index (Phi) is 3.69. The van der Waals surface area contributed by atoms with Crippen molar-refractivity contribution in [3.8, 4) is 11.5 Å². The molecule has 1 atom stereocenters. The molecule has 0 N–H and O–H groups in total. The van der Waals surface area contributed by atoms with E-state index < -0.39 is 11.0 Å². The van der Waals surface area contributed by atoms with E-state index >= 15 is 0 Å². The highest BCUT2D eigenvalue weighted by Crippen LogP contribution is 2.40. The molecule has 3 aromatic rings. The number of aromatic nitrogens is 3. The van der Waals surface area contributed by atoms with E-state index in [9.17, 15) is 10.1 Å². The van der Waals surface area contributed by atoms with Gasteiger partial charge >= 0.3 is 0 Å². The number of rotatable bonds is 5. The van der Waals surface area contributed by atoms with E-state index in [1.54, 1.807) is 17.7 Å². The zero-order chi connectivity index (χ0) is 17.4. The summed E-state index contributed by atoms with van der Waals surface area (Å²) in [5.74, 6) is 0.840. The third-order valence-corrected chi connectivity index (χ3v) is 4.02. The van der Waals surface area contributed by atoms with Gasteiger partial charge in [-0.1, -0.05) is 17.3 Å². The van der Waals surface area contributed by atoms with Gasteiger partial charge in [-0.3, -0.25) is 10.1 Å². The summed E-state index contributed by atoms with van der Waals surface area (Å²) in [6, 6.07) is 10.4. The van der Waals surface area contributed by atoms with Gasteiger partial charge in [0.25, 0.3) is 5.69 Å². The van der Waals surface area contributed by atoms with Crippen LogP contribution in [-0.2, 0) is 11.5 Å². The van der Waals surface area contributed by atoms with Crippen molar-refractivity contribution in [1.29, 1.82) is 0 Å². The normalized spacial score (nSPS) is 14.0. The van der Waals surface area contributed by atoms with Gasteiger partial charge in [0.1, 0.15) is 12.2 Å². The van der Waals surface area contributed by atoms with E-state index in [0.29, 0.717) is 17.1 Å². The first-order valence-electron chi connectivity index (χ1n) is 7.61. The second-order valence-electron chi connectivity index (χ2n) is 5.54. The van der Waals surface area contributed by atoms with E-state index in [4.69, 9.17) is 14.2 Å². The predicted octanol–water partition coefficient (Wildman–Crippen LogP) is 2.80. The Bertz CT molecular complexity index is 955. The van der Waals surface area contributed by atoms with Crippen molar-refractivity contribution in [1.82, 2.24) is 15.0 Å². The summed E-state index contributed by atoms with van der Waals surface area (Å²) < 4.78 is 17.9. The topological polar surface area (TPSA) is 102 Å². The monoisotopic (exact) mass is 342 g/mol. The number of fused-ring (bicyclic) bond motifs is 2. The molecule has 0 radical (unpaired) electrons. The van der Waals surface area contributed by atoms with Crippen LogP contribution in [0.25, 0.3) is 11.0 Å². The van der Waals surface area contributed by atoms with Crippen LogP contribution < -0.4 is 9.47 Å². The zero-order valence-corrected chi connectivity index (χ0v) is 13.3. The van der Waals surface area contributed by atoms with Gasteiger partial charge in [-0.15, -0.1) is 5.10 Å². The van der Waals surface area contributed by atoms with Crippen molar-refractivity contribution in [3.63, 3.8) is 0 Å². The number of benzene rings is 2. The first kappa shape index (κ1) is 15.3. The number of nitro groups is 1. The van der Waals surface area contributed by atoms with Gasteiger partial charge in [0, 0.05) is 0 Å². The highest BCUT2D eigenvalue weighted by molar-refractivity contribution is 5.73. The molecule has 1 unspecified atom stereocenters. The fraction of sp³-hybridized carbons (Fsp3) is 0.250. The van der Waals surface area contributed by atoms with E-state index in [1.807, 2.05) is 24.3 Å². The van der Waals surface area contributed by atoms with Crippen LogP contribution >= 0.6 is 0 Å². The fourth-order valence-electron chi connectivity index (χ4n) is 2.72. The predicted molar refractivity (Wildman–Crippen MR) is 86.2 cm³/mol. The molecule has 4 rings (SSSR count). The highest BCUT2D eigenvalue weighted by Gasteiger charge is 2.26. The Balaban J connectivity index is 1.58. The maximum Gasteiger partial charge on any atom is 0.279 e. The lowest BCUT2D eigenvalue weighted by Crippen LogP contribution is -2.09. The van der Waals surface area contributed by atoms with Crippen molar-refractivity contribution in [2.75, 3.05) is 6.79 Å². The summed E-state index contributed by atoms with van der Waals surface area (Å²) in [6.07, 6.45) is -0.544. The van der Waals surface area contributed by atoms with Crippen molar-refractivity contribution in [2.45, 2.75) is 19.8 Å². The molecule has 2 aromatic carbocycles. The van der Waals surface area contributed by atoms with Crippen LogP contribution in [0.15, 0.2) is 36.4 Å². The molecule has 9 nitrogen and oxygen atoms in total. The second-order valence-corrected chi connectivity index (χ2v) is 5.54. The molecule has 0 bridgehead atoms. The highest BCUT2D eigenvalue weighted by atomic mass is 16.7. The Morgan fingerprint density at radius 2 is 2.08 bits per heavy atom. The number of hydrogen-bond acceptors (Lipinski definition) is 7. The van der Waals surface area contributed by atoms with Gasteiger partial charge in [0.2, 0.25) is 6.79 Å². The van der Waals surface area contributed by atoms with Gasteiger partial charge in [-0.05, 0) is 25.1 Å². The SMILES string of the molecule is CC(OCn1nnc2ccccc21)c1cc2c(cc1[N+](=O)[O-])OCO2. The van der Waals surface area contributed by atoms with Crippen molar-refractivity contribution in [2.24, 2.45) is 0 Å². The number of hydrogen-bond donors (Lipinski definition) is 0. The first-order valence-corrected chi connectivity index (χ1v) is 7.61. The first-order chi connectivity index (χ1) is 12.1. The zero-order valence-electron chi connectivity index (χ0n) is 13.3. The molecule has 0 saturated carbocycles. The quantitative estimate of drug-likeness (QED) is 0.519. The molecule has 9 heteroatoms. The molecule has 0 saturated heterocycles. The maximum absolute atomic E-state index is 11.4. The lowest BCUT2D eigenvalue weighted by atomic mass is 10.1. The lowest BCUT2D eigenvalue weighted by Gasteiger charge is -2.14. The number of para-hydroxylation sites is 1. The van der Waals surface area contributed by atoms with E-state index in [1.165, 1.54) is 6.07 Å². The molecule has 1 aliphatic heterocycles. The summed E-state index contributed by atoms with van der Waals surface area (Å²) >= 11 is 0. The average molecular weight is 342 g/mol. The van der Waals surface area contributed by atoms with Crippen LogP contribution in [0.3, 0.4) is 0 Å². The lowest BCUT2D eigenvalue weighted by molar-refractivity contribution is -0.386. The Morgan fingerprint density at radius 1 is 1.32 bits per heavy atom. The summed E-state index contributed by atoms with van der Waals surface area (Å²) in [5.41, 5.74) is 1.93. The molecule has 1 aliphatic rings. The van der Waals surface area contributed by atoms with Crippen LogP contribution in [0, 0.1) is 10.1 Å². The summed E-state index contributed by atoms with van der Waals surface area (Å²) in [7, 11) is 0. The van der Waals surface area contributed by atoms with E-state index in [0.717, 1.165) is 11.0 Å². The minimum atomic E-state index is -0.544. The third kappa shape index (κ3) is 2.74. The van der Waals surface area contributed by atoms with Crippen molar-refractivity contribution in [3.05, 3.63) is 52.1 Å².